The van der Waals surface area contributed by atoms with Gasteiger partial charge in [0.15, 0.2) is 0 Å². The van der Waals surface area contributed by atoms with Crippen molar-refractivity contribution in [3.8, 4) is 0 Å². The van der Waals surface area contributed by atoms with Gasteiger partial charge >= 0.3 is 0 Å². The van der Waals surface area contributed by atoms with Gasteiger partial charge in [-0.3, -0.25) is 14.9 Å². The number of H-pyrrole nitrogens is 1. The molecule has 1 aliphatic rings. The summed E-state index contributed by atoms with van der Waals surface area (Å²) in [5, 5.41) is 15.1. The molecule has 0 radical (unpaired) electrons. The predicted molar refractivity (Wildman–Crippen MR) is 146 cm³/mol. The van der Waals surface area contributed by atoms with Crippen LogP contribution in [-0.4, -0.2) is 52.2 Å². The van der Waals surface area contributed by atoms with E-state index in [0.717, 1.165) is 46.6 Å². The summed E-state index contributed by atoms with van der Waals surface area (Å²) in [5.74, 6) is -0.0543. The van der Waals surface area contributed by atoms with Gasteiger partial charge in [-0.15, -0.1) is 0 Å². The number of pyridine rings is 1. The molecule has 0 spiro atoms. The van der Waals surface area contributed by atoms with Crippen molar-refractivity contribution in [2.24, 2.45) is 0 Å². The van der Waals surface area contributed by atoms with Crippen molar-refractivity contribution in [2.75, 3.05) is 31.5 Å². The van der Waals surface area contributed by atoms with Crippen molar-refractivity contribution >= 4 is 40.3 Å². The maximum atomic E-state index is 12.9. The number of rotatable bonds is 9. The van der Waals surface area contributed by atoms with Gasteiger partial charge in [0.05, 0.1) is 28.2 Å². The molecule has 0 bridgehead atoms. The minimum absolute atomic E-state index is 0.0543. The average molecular weight is 481 g/mol. The first-order valence-corrected chi connectivity index (χ1v) is 12.7. The van der Waals surface area contributed by atoms with Crippen LogP contribution in [0.5, 0.6) is 0 Å². The molecular formula is C29H32N6O. The fourth-order valence-electron chi connectivity index (χ4n) is 4.61. The van der Waals surface area contributed by atoms with E-state index in [-0.39, 0.29) is 5.91 Å². The number of piperidine rings is 1. The van der Waals surface area contributed by atoms with Crippen LogP contribution in [0.3, 0.4) is 0 Å². The Morgan fingerprint density at radius 3 is 2.72 bits per heavy atom. The van der Waals surface area contributed by atoms with Crippen LogP contribution >= 0.6 is 0 Å². The number of hydrogen-bond acceptors (Lipinski definition) is 5. The molecule has 2 aromatic carbocycles. The van der Waals surface area contributed by atoms with E-state index >= 15 is 0 Å². The van der Waals surface area contributed by atoms with Gasteiger partial charge in [-0.1, -0.05) is 24.6 Å². The van der Waals surface area contributed by atoms with Crippen LogP contribution in [0.2, 0.25) is 0 Å². The first-order valence-electron chi connectivity index (χ1n) is 12.7. The van der Waals surface area contributed by atoms with Gasteiger partial charge in [-0.25, -0.2) is 0 Å². The maximum absolute atomic E-state index is 12.9. The van der Waals surface area contributed by atoms with Gasteiger partial charge < -0.3 is 15.5 Å². The Morgan fingerprint density at radius 2 is 1.86 bits per heavy atom. The third-order valence-electron chi connectivity index (χ3n) is 6.53. The second-order valence-electron chi connectivity index (χ2n) is 9.14. The van der Waals surface area contributed by atoms with E-state index in [2.05, 4.69) is 30.7 Å². The van der Waals surface area contributed by atoms with Crippen LogP contribution in [0.1, 0.15) is 47.4 Å². The Hall–Kier alpha value is -3.97. The van der Waals surface area contributed by atoms with Crippen molar-refractivity contribution in [3.63, 3.8) is 0 Å². The van der Waals surface area contributed by atoms with E-state index in [0.29, 0.717) is 12.1 Å². The average Bonchev–Trinajstić information content (AvgIpc) is 3.33. The lowest BCUT2D eigenvalue weighted by Gasteiger charge is -2.26. The van der Waals surface area contributed by atoms with Crippen LogP contribution < -0.4 is 10.6 Å². The van der Waals surface area contributed by atoms with Gasteiger partial charge in [-0.2, -0.15) is 5.10 Å². The van der Waals surface area contributed by atoms with E-state index in [1.807, 2.05) is 72.8 Å². The summed E-state index contributed by atoms with van der Waals surface area (Å²) in [6.45, 7) is 4.09. The normalized spacial score (nSPS) is 14.3. The zero-order valence-electron chi connectivity index (χ0n) is 20.4. The number of nitrogens with zero attached hydrogens (tertiary/aromatic N) is 3. The van der Waals surface area contributed by atoms with E-state index in [4.69, 9.17) is 0 Å². The molecule has 3 N–H and O–H groups in total. The number of aromatic nitrogens is 3. The number of carbonyl (C=O) groups is 1. The molecule has 3 heterocycles. The summed E-state index contributed by atoms with van der Waals surface area (Å²) >= 11 is 0. The molecule has 1 amide bonds. The number of amides is 1. The lowest BCUT2D eigenvalue weighted by molar-refractivity contribution is 0.0952. The van der Waals surface area contributed by atoms with Gasteiger partial charge in [0.1, 0.15) is 0 Å². The molecule has 4 aromatic rings. The molecule has 0 aliphatic carbocycles. The van der Waals surface area contributed by atoms with E-state index in [1.165, 1.54) is 32.4 Å². The Morgan fingerprint density at radius 1 is 1.00 bits per heavy atom. The molecule has 1 aliphatic heterocycles. The summed E-state index contributed by atoms with van der Waals surface area (Å²) in [6.07, 6.45) is 10.6. The first kappa shape index (κ1) is 23.8. The Bertz CT molecular complexity index is 1320. The summed E-state index contributed by atoms with van der Waals surface area (Å²) in [6, 6.07) is 19.5. The highest BCUT2D eigenvalue weighted by atomic mass is 16.1. The number of aromatic amines is 1. The lowest BCUT2D eigenvalue weighted by atomic mass is 10.1. The fourth-order valence-corrected chi connectivity index (χ4v) is 4.61. The van der Waals surface area contributed by atoms with Crippen LogP contribution in [0, 0.1) is 0 Å². The van der Waals surface area contributed by atoms with E-state index in [9.17, 15) is 4.79 Å². The van der Waals surface area contributed by atoms with Crippen LogP contribution in [0.15, 0.2) is 66.9 Å². The standard InChI is InChI=1S/C29H32N6O/c36-29(31-17-8-20-35-18-6-1-7-19-35)25-10-2-3-11-26(25)32-23-12-14-24-27(33-34-28(24)21-23)15-13-22-9-4-5-16-30-22/h2-5,9-16,21,32H,1,6-8,17-20H2,(H,31,36)(H,33,34)/b15-13+. The summed E-state index contributed by atoms with van der Waals surface area (Å²) in [4.78, 5) is 19.7. The summed E-state index contributed by atoms with van der Waals surface area (Å²) in [7, 11) is 0. The number of likely N-dealkylation sites (tertiary alicyclic amines) is 1. The second kappa shape index (κ2) is 11.6. The molecule has 5 rings (SSSR count). The van der Waals surface area contributed by atoms with Crippen molar-refractivity contribution < 1.29 is 4.79 Å². The van der Waals surface area contributed by atoms with Crippen LogP contribution in [-0.2, 0) is 0 Å². The van der Waals surface area contributed by atoms with Gasteiger partial charge in [-0.05, 0) is 93.5 Å². The van der Waals surface area contributed by atoms with Gasteiger partial charge in [0, 0.05) is 23.8 Å². The molecule has 36 heavy (non-hydrogen) atoms. The third-order valence-corrected chi connectivity index (χ3v) is 6.53. The first-order chi connectivity index (χ1) is 17.8. The Balaban J connectivity index is 1.22. The quantitative estimate of drug-likeness (QED) is 0.276. The van der Waals surface area contributed by atoms with Gasteiger partial charge in [0.2, 0.25) is 0 Å². The minimum atomic E-state index is -0.0543. The van der Waals surface area contributed by atoms with Crippen molar-refractivity contribution in [3.05, 3.63) is 83.8 Å². The van der Waals surface area contributed by atoms with Crippen molar-refractivity contribution in [2.45, 2.75) is 25.7 Å². The highest BCUT2D eigenvalue weighted by Crippen LogP contribution is 2.26. The number of fused-ring (bicyclic) bond motifs is 1. The number of anilines is 2. The minimum Gasteiger partial charge on any atom is -0.355 e. The topological polar surface area (TPSA) is 85.9 Å². The Kier molecular flexibility index (Phi) is 7.68. The second-order valence-corrected chi connectivity index (χ2v) is 9.14. The monoisotopic (exact) mass is 480 g/mol. The zero-order valence-corrected chi connectivity index (χ0v) is 20.4. The van der Waals surface area contributed by atoms with E-state index < -0.39 is 0 Å². The van der Waals surface area contributed by atoms with Gasteiger partial charge in [0.25, 0.3) is 5.91 Å². The van der Waals surface area contributed by atoms with E-state index in [1.54, 1.807) is 6.20 Å². The Labute approximate surface area is 211 Å². The number of carbonyl (C=O) groups excluding carboxylic acids is 1. The molecule has 2 aromatic heterocycles. The lowest BCUT2D eigenvalue weighted by Crippen LogP contribution is -2.33. The largest absolute Gasteiger partial charge is 0.355 e. The smallest absolute Gasteiger partial charge is 0.253 e. The highest BCUT2D eigenvalue weighted by molar-refractivity contribution is 6.00. The molecule has 184 valence electrons. The molecule has 1 fully saturated rings. The fraction of sp³-hybridized carbons (Fsp3) is 0.276. The maximum Gasteiger partial charge on any atom is 0.253 e. The molecule has 0 atom stereocenters. The predicted octanol–water partition coefficient (Wildman–Crippen LogP) is 5.48. The number of nitrogens with one attached hydrogen (secondary N) is 3. The molecule has 7 nitrogen and oxygen atoms in total. The third kappa shape index (κ3) is 5.98. The van der Waals surface area contributed by atoms with Crippen LogP contribution in [0.25, 0.3) is 23.1 Å². The number of benzene rings is 2. The SMILES string of the molecule is O=C(NCCCN1CCCCC1)c1ccccc1Nc1ccc2c(/C=C/c3ccccn3)n[nH]c2c1. The van der Waals surface area contributed by atoms with Crippen molar-refractivity contribution in [1.29, 1.82) is 0 Å². The molecule has 7 heteroatoms. The summed E-state index contributed by atoms with van der Waals surface area (Å²) in [5.41, 5.74) is 4.95. The molecule has 0 saturated carbocycles. The molecule has 1 saturated heterocycles. The number of para-hydroxylation sites is 1. The number of hydrogen-bond donors (Lipinski definition) is 3. The molecular weight excluding hydrogens is 448 g/mol. The zero-order chi connectivity index (χ0) is 24.6. The molecule has 0 unspecified atom stereocenters. The highest BCUT2D eigenvalue weighted by Gasteiger charge is 2.13. The van der Waals surface area contributed by atoms with Crippen molar-refractivity contribution in [1.82, 2.24) is 25.4 Å². The summed E-state index contributed by atoms with van der Waals surface area (Å²) < 4.78 is 0. The van der Waals surface area contributed by atoms with Crippen LogP contribution in [0.4, 0.5) is 11.4 Å².